The van der Waals surface area contributed by atoms with Crippen LogP contribution < -0.4 is 0 Å². The maximum Gasteiger partial charge on any atom is 0.145 e. The number of nitrogens with zero attached hydrogens (tertiary/aromatic N) is 2. The van der Waals surface area contributed by atoms with Gasteiger partial charge in [-0.2, -0.15) is 0 Å². The van der Waals surface area contributed by atoms with E-state index in [1.165, 1.54) is 54.6 Å². The van der Waals surface area contributed by atoms with Crippen molar-refractivity contribution in [3.05, 3.63) is 217 Å². The zero-order valence-corrected chi connectivity index (χ0v) is 31.9. The maximum absolute atomic E-state index is 5.12. The van der Waals surface area contributed by atoms with E-state index in [2.05, 4.69) is 212 Å². The lowest BCUT2D eigenvalue weighted by molar-refractivity contribution is 1.10. The van der Waals surface area contributed by atoms with Crippen molar-refractivity contribution in [3.63, 3.8) is 0 Å². The molecule has 0 amide bonds. The molecule has 0 aliphatic heterocycles. The Kier molecular flexibility index (Phi) is 8.65. The monoisotopic (exact) mass is 728 g/mol. The first kappa shape index (κ1) is 34.2. The van der Waals surface area contributed by atoms with Crippen LogP contribution in [0.25, 0.3) is 94.3 Å². The number of allylic oxidation sites excluding steroid dienone is 2. The SMILES string of the molecule is C=C(/C=C\c1ccccc1CC)c1c2ccccc2c(-c2ccc3ccccc3c2)c2cc(-c3ccc(-c4nc5ccccc5n4-c4ccccc4)cc3)ccc12. The van der Waals surface area contributed by atoms with Crippen molar-refractivity contribution >= 4 is 55.0 Å². The largest absolute Gasteiger partial charge is 0.292 e. The number of hydrogen-bond donors (Lipinski definition) is 0. The number of aromatic nitrogens is 2. The molecule has 0 bridgehead atoms. The Labute approximate surface area is 333 Å². The molecule has 0 spiro atoms. The molecule has 0 saturated carbocycles. The summed E-state index contributed by atoms with van der Waals surface area (Å²) >= 11 is 0. The number of hydrogen-bond acceptors (Lipinski definition) is 1. The number of benzene rings is 9. The Bertz CT molecular complexity index is 3160. The van der Waals surface area contributed by atoms with E-state index in [1.807, 2.05) is 0 Å². The molecular formula is C55H40N2. The molecule has 0 aliphatic carbocycles. The van der Waals surface area contributed by atoms with E-state index in [9.17, 15) is 0 Å². The lowest BCUT2D eigenvalue weighted by atomic mass is 9.84. The first-order valence-corrected chi connectivity index (χ1v) is 19.7. The molecule has 0 fully saturated rings. The van der Waals surface area contributed by atoms with Gasteiger partial charge < -0.3 is 0 Å². The molecule has 2 nitrogen and oxygen atoms in total. The van der Waals surface area contributed by atoms with Crippen LogP contribution in [0.5, 0.6) is 0 Å². The van der Waals surface area contributed by atoms with Crippen molar-refractivity contribution in [3.8, 4) is 39.3 Å². The zero-order chi connectivity index (χ0) is 38.3. The van der Waals surface area contributed by atoms with E-state index in [0.29, 0.717) is 0 Å². The van der Waals surface area contributed by atoms with Crippen LogP contribution in [0.3, 0.4) is 0 Å². The molecule has 10 rings (SSSR count). The second-order valence-corrected chi connectivity index (χ2v) is 14.7. The average Bonchev–Trinajstić information content (AvgIpc) is 3.67. The summed E-state index contributed by atoms with van der Waals surface area (Å²) in [4.78, 5) is 5.12. The van der Waals surface area contributed by atoms with Gasteiger partial charge in [-0.3, -0.25) is 4.57 Å². The van der Waals surface area contributed by atoms with E-state index in [4.69, 9.17) is 11.6 Å². The summed E-state index contributed by atoms with van der Waals surface area (Å²) in [6.07, 6.45) is 5.40. The molecule has 270 valence electrons. The molecule has 0 saturated heterocycles. The van der Waals surface area contributed by atoms with E-state index < -0.39 is 0 Å². The Hall–Kier alpha value is -7.29. The highest BCUT2D eigenvalue weighted by Crippen LogP contribution is 2.44. The topological polar surface area (TPSA) is 17.8 Å². The highest BCUT2D eigenvalue weighted by Gasteiger charge is 2.19. The Morgan fingerprint density at radius 1 is 0.544 bits per heavy atom. The summed E-state index contributed by atoms with van der Waals surface area (Å²) in [7, 11) is 0. The van der Waals surface area contributed by atoms with Crippen LogP contribution in [0.4, 0.5) is 0 Å². The van der Waals surface area contributed by atoms with Gasteiger partial charge in [0.05, 0.1) is 11.0 Å². The van der Waals surface area contributed by atoms with Crippen molar-refractivity contribution < 1.29 is 0 Å². The summed E-state index contributed by atoms with van der Waals surface area (Å²) in [5.74, 6) is 0.926. The molecule has 0 N–H and O–H groups in total. The number of imidazole rings is 1. The number of para-hydroxylation sites is 3. The standard InChI is InChI=1S/C55H40N2/c1-3-38-15-7-8-16-39(38)26-25-37(2)53-47-21-11-12-22-48(47)54(45-32-29-40-17-9-10-18-43(40)35-45)50-36-44(33-34-49(50)53)41-27-30-42(31-28-41)55-56-51-23-13-14-24-52(51)57(55)46-19-5-4-6-20-46/h4-36H,2-3H2,1H3/b26-25-. The molecule has 57 heavy (non-hydrogen) atoms. The summed E-state index contributed by atoms with van der Waals surface area (Å²) in [5.41, 5.74) is 13.7. The lowest BCUT2D eigenvalue weighted by Gasteiger charge is -2.19. The van der Waals surface area contributed by atoms with Crippen LogP contribution in [0.2, 0.25) is 0 Å². The summed E-state index contributed by atoms with van der Waals surface area (Å²) in [5, 5.41) is 7.27. The predicted octanol–water partition coefficient (Wildman–Crippen LogP) is 14.8. The minimum atomic E-state index is 0.926. The number of fused-ring (bicyclic) bond motifs is 4. The van der Waals surface area contributed by atoms with Crippen LogP contribution in [0.15, 0.2) is 201 Å². The molecule has 1 heterocycles. The summed E-state index contributed by atoms with van der Waals surface area (Å²) < 4.78 is 2.25. The first-order chi connectivity index (χ1) is 28.1. The predicted molar refractivity (Wildman–Crippen MR) is 244 cm³/mol. The summed E-state index contributed by atoms with van der Waals surface area (Å²) in [6, 6.07) is 67.6. The number of aryl methyl sites for hydroxylation is 1. The minimum Gasteiger partial charge on any atom is -0.292 e. The van der Waals surface area contributed by atoms with E-state index in [-0.39, 0.29) is 0 Å². The molecule has 10 aromatic rings. The quantitative estimate of drug-likeness (QED) is 0.113. The van der Waals surface area contributed by atoms with Gasteiger partial charge in [0.2, 0.25) is 0 Å². The van der Waals surface area contributed by atoms with E-state index >= 15 is 0 Å². The highest BCUT2D eigenvalue weighted by atomic mass is 15.1. The third kappa shape index (κ3) is 6.13. The Balaban J connectivity index is 1.15. The van der Waals surface area contributed by atoms with E-state index in [1.54, 1.807) is 0 Å². The van der Waals surface area contributed by atoms with Gasteiger partial charge in [0.1, 0.15) is 5.82 Å². The van der Waals surface area contributed by atoms with Gasteiger partial charge >= 0.3 is 0 Å². The molecule has 0 unspecified atom stereocenters. The van der Waals surface area contributed by atoms with Gasteiger partial charge in [-0.25, -0.2) is 4.98 Å². The minimum absolute atomic E-state index is 0.926. The third-order valence-corrected chi connectivity index (χ3v) is 11.3. The fourth-order valence-corrected chi connectivity index (χ4v) is 8.52. The second kappa shape index (κ2) is 14.4. The van der Waals surface area contributed by atoms with Gasteiger partial charge in [-0.05, 0) is 120 Å². The van der Waals surface area contributed by atoms with Gasteiger partial charge in [0, 0.05) is 11.3 Å². The normalized spacial score (nSPS) is 11.7. The molecule has 0 radical (unpaired) electrons. The van der Waals surface area contributed by atoms with Gasteiger partial charge in [-0.15, -0.1) is 0 Å². The van der Waals surface area contributed by atoms with Crippen molar-refractivity contribution in [2.75, 3.05) is 0 Å². The van der Waals surface area contributed by atoms with Crippen LogP contribution in [0, 0.1) is 0 Å². The average molecular weight is 729 g/mol. The van der Waals surface area contributed by atoms with Crippen molar-refractivity contribution in [1.82, 2.24) is 9.55 Å². The van der Waals surface area contributed by atoms with Gasteiger partial charge in [0.25, 0.3) is 0 Å². The smallest absolute Gasteiger partial charge is 0.145 e. The fraction of sp³-hybridized carbons (Fsp3) is 0.0364. The Morgan fingerprint density at radius 2 is 1.19 bits per heavy atom. The molecule has 9 aromatic carbocycles. The maximum atomic E-state index is 5.12. The van der Waals surface area contributed by atoms with Gasteiger partial charge in [0.15, 0.2) is 0 Å². The molecule has 1 aromatic heterocycles. The van der Waals surface area contributed by atoms with Crippen LogP contribution in [0.1, 0.15) is 23.6 Å². The number of rotatable bonds is 8. The lowest BCUT2D eigenvalue weighted by Crippen LogP contribution is -1.97. The molecular weight excluding hydrogens is 689 g/mol. The highest BCUT2D eigenvalue weighted by molar-refractivity contribution is 6.20. The molecule has 0 aliphatic rings. The van der Waals surface area contributed by atoms with Crippen molar-refractivity contribution in [2.45, 2.75) is 13.3 Å². The first-order valence-electron chi connectivity index (χ1n) is 19.7. The second-order valence-electron chi connectivity index (χ2n) is 14.7. The van der Waals surface area contributed by atoms with Crippen LogP contribution in [-0.4, -0.2) is 9.55 Å². The fourth-order valence-electron chi connectivity index (χ4n) is 8.52. The molecule has 0 atom stereocenters. The van der Waals surface area contributed by atoms with Crippen molar-refractivity contribution in [2.24, 2.45) is 0 Å². The van der Waals surface area contributed by atoms with Crippen LogP contribution >= 0.6 is 0 Å². The Morgan fingerprint density at radius 3 is 2.04 bits per heavy atom. The van der Waals surface area contributed by atoms with E-state index in [0.717, 1.165) is 56.8 Å². The third-order valence-electron chi connectivity index (χ3n) is 11.3. The summed E-state index contributed by atoms with van der Waals surface area (Å²) in [6.45, 7) is 6.92. The van der Waals surface area contributed by atoms with Gasteiger partial charge in [-0.1, -0.05) is 177 Å². The zero-order valence-electron chi connectivity index (χ0n) is 31.9. The molecule has 2 heteroatoms. The van der Waals surface area contributed by atoms with Crippen molar-refractivity contribution in [1.29, 1.82) is 0 Å². The van der Waals surface area contributed by atoms with Crippen LogP contribution in [-0.2, 0) is 6.42 Å².